The maximum Gasteiger partial charge on any atom is 0.419 e. The molecule has 0 heterocycles. The Morgan fingerprint density at radius 3 is 1.93 bits per heavy atom. The molecule has 0 bridgehead atoms. The fourth-order valence-corrected chi connectivity index (χ4v) is 1.29. The van der Waals surface area contributed by atoms with Crippen LogP contribution in [-0.4, -0.2) is 0 Å². The first-order chi connectivity index (χ1) is 6.38. The van der Waals surface area contributed by atoms with Crippen LogP contribution in [0.25, 0.3) is 0 Å². The first kappa shape index (κ1) is 11.2. The molecule has 0 nitrogen and oxygen atoms in total. The normalized spacial score (nSPS) is 11.9. The lowest BCUT2D eigenvalue weighted by Crippen LogP contribution is -2.13. The molecule has 0 aliphatic carbocycles. The van der Waals surface area contributed by atoms with Crippen molar-refractivity contribution in [2.75, 3.05) is 0 Å². The zero-order valence-corrected chi connectivity index (χ0v) is 7.39. The van der Waals surface area contributed by atoms with Gasteiger partial charge >= 0.3 is 6.18 Å². The Balaban J connectivity index is 3.46. The van der Waals surface area contributed by atoms with Crippen molar-refractivity contribution in [3.8, 4) is 0 Å². The van der Waals surface area contributed by atoms with E-state index in [1.165, 1.54) is 0 Å². The van der Waals surface area contributed by atoms with Gasteiger partial charge in [-0.05, 0) is 12.1 Å². The molecule has 6 heteroatoms. The number of rotatable bonds is 1. The summed E-state index contributed by atoms with van der Waals surface area (Å²) in [5.41, 5.74) is -2.49. The summed E-state index contributed by atoms with van der Waals surface area (Å²) in [5, 5.41) is 0. The predicted molar refractivity (Wildman–Crippen MR) is 40.9 cm³/mol. The average molecular weight is 231 g/mol. The van der Waals surface area contributed by atoms with Crippen LogP contribution in [0.5, 0.6) is 0 Å². The van der Waals surface area contributed by atoms with Crippen molar-refractivity contribution in [1.29, 1.82) is 0 Å². The summed E-state index contributed by atoms with van der Waals surface area (Å²) < 4.78 is 62.2. The Kier molecular flexibility index (Phi) is 2.99. The predicted octanol–water partition coefficient (Wildman–Crippen LogP) is 3.72. The SMILES string of the molecule is Fc1ccc(F)c(C(F)(F)F)c1CCl. The molecule has 0 saturated heterocycles. The summed E-state index contributed by atoms with van der Waals surface area (Å²) in [4.78, 5) is 0. The van der Waals surface area contributed by atoms with Crippen molar-refractivity contribution in [2.24, 2.45) is 0 Å². The molecule has 0 aliphatic rings. The minimum absolute atomic E-state index is 0.425. The standard InChI is InChI=1S/C8H4ClF5/c9-3-4-5(10)1-2-6(11)7(4)8(12,13)14/h1-2H,3H2. The summed E-state index contributed by atoms with van der Waals surface area (Å²) in [5.74, 6) is -3.40. The molecule has 0 amide bonds. The highest BCUT2D eigenvalue weighted by Crippen LogP contribution is 2.35. The third kappa shape index (κ3) is 1.97. The maximum absolute atomic E-state index is 12.8. The van der Waals surface area contributed by atoms with Crippen molar-refractivity contribution in [1.82, 2.24) is 0 Å². The van der Waals surface area contributed by atoms with E-state index in [4.69, 9.17) is 11.6 Å². The molecule has 0 spiro atoms. The highest BCUT2D eigenvalue weighted by Gasteiger charge is 2.37. The number of benzene rings is 1. The smallest absolute Gasteiger partial charge is 0.207 e. The van der Waals surface area contributed by atoms with E-state index in [1.54, 1.807) is 0 Å². The largest absolute Gasteiger partial charge is 0.419 e. The Morgan fingerprint density at radius 2 is 1.57 bits per heavy atom. The second kappa shape index (κ2) is 3.73. The van der Waals surface area contributed by atoms with Gasteiger partial charge in [-0.15, -0.1) is 11.6 Å². The molecule has 0 atom stereocenters. The van der Waals surface area contributed by atoms with Crippen LogP contribution in [0, 0.1) is 11.6 Å². The number of alkyl halides is 4. The molecule has 0 unspecified atom stereocenters. The third-order valence-electron chi connectivity index (χ3n) is 1.62. The van der Waals surface area contributed by atoms with Crippen molar-refractivity contribution in [2.45, 2.75) is 12.1 Å². The molecular weight excluding hydrogens is 227 g/mol. The van der Waals surface area contributed by atoms with Crippen LogP contribution < -0.4 is 0 Å². The van der Waals surface area contributed by atoms with Gasteiger partial charge in [-0.1, -0.05) is 0 Å². The van der Waals surface area contributed by atoms with E-state index in [0.29, 0.717) is 12.1 Å². The van der Waals surface area contributed by atoms with Crippen LogP contribution in [-0.2, 0) is 12.1 Å². The summed E-state index contributed by atoms with van der Waals surface area (Å²) in [6.07, 6.45) is -4.93. The Morgan fingerprint density at radius 1 is 1.07 bits per heavy atom. The summed E-state index contributed by atoms with van der Waals surface area (Å²) in [6.45, 7) is 0. The van der Waals surface area contributed by atoms with Gasteiger partial charge < -0.3 is 0 Å². The highest BCUT2D eigenvalue weighted by molar-refractivity contribution is 6.17. The minimum atomic E-state index is -4.93. The molecule has 0 aliphatic heterocycles. The molecule has 0 saturated carbocycles. The molecule has 0 N–H and O–H groups in total. The lowest BCUT2D eigenvalue weighted by molar-refractivity contribution is -0.140. The van der Waals surface area contributed by atoms with E-state index in [-0.39, 0.29) is 0 Å². The quantitative estimate of drug-likeness (QED) is 0.509. The Hall–Kier alpha value is -0.840. The molecule has 0 radical (unpaired) electrons. The Bertz CT molecular complexity index is 344. The van der Waals surface area contributed by atoms with Gasteiger partial charge in [-0.25, -0.2) is 8.78 Å². The van der Waals surface area contributed by atoms with Gasteiger partial charge in [0.1, 0.15) is 11.6 Å². The van der Waals surface area contributed by atoms with Crippen molar-refractivity contribution in [3.63, 3.8) is 0 Å². The van der Waals surface area contributed by atoms with Crippen LogP contribution in [0.1, 0.15) is 11.1 Å². The molecule has 0 aromatic heterocycles. The van der Waals surface area contributed by atoms with Crippen LogP contribution in [0.2, 0.25) is 0 Å². The zero-order chi connectivity index (χ0) is 10.9. The van der Waals surface area contributed by atoms with E-state index in [0.717, 1.165) is 0 Å². The maximum atomic E-state index is 12.8. The van der Waals surface area contributed by atoms with E-state index in [2.05, 4.69) is 0 Å². The lowest BCUT2D eigenvalue weighted by Gasteiger charge is -2.12. The molecule has 1 rings (SSSR count). The summed E-state index contributed by atoms with van der Waals surface area (Å²) in [7, 11) is 0. The van der Waals surface area contributed by atoms with E-state index in [9.17, 15) is 22.0 Å². The van der Waals surface area contributed by atoms with Gasteiger partial charge in [-0.3, -0.25) is 0 Å². The fourth-order valence-electron chi connectivity index (χ4n) is 1.03. The second-order valence-corrected chi connectivity index (χ2v) is 2.78. The third-order valence-corrected chi connectivity index (χ3v) is 1.89. The van der Waals surface area contributed by atoms with E-state index in [1.807, 2.05) is 0 Å². The number of halogens is 6. The second-order valence-electron chi connectivity index (χ2n) is 2.51. The van der Waals surface area contributed by atoms with E-state index >= 15 is 0 Å². The topological polar surface area (TPSA) is 0 Å². The van der Waals surface area contributed by atoms with Gasteiger partial charge in [0.15, 0.2) is 0 Å². The summed E-state index contributed by atoms with van der Waals surface area (Å²) >= 11 is 5.11. The average Bonchev–Trinajstić information content (AvgIpc) is 2.06. The van der Waals surface area contributed by atoms with Crippen LogP contribution in [0.3, 0.4) is 0 Å². The van der Waals surface area contributed by atoms with Gasteiger partial charge in [0.25, 0.3) is 0 Å². The van der Waals surface area contributed by atoms with Gasteiger partial charge in [0.2, 0.25) is 0 Å². The van der Waals surface area contributed by atoms with Crippen molar-refractivity contribution >= 4 is 11.6 Å². The fraction of sp³-hybridized carbons (Fsp3) is 0.250. The molecule has 1 aromatic carbocycles. The van der Waals surface area contributed by atoms with Crippen LogP contribution in [0.4, 0.5) is 22.0 Å². The molecule has 0 fully saturated rings. The monoisotopic (exact) mass is 230 g/mol. The number of hydrogen-bond acceptors (Lipinski definition) is 0. The molecule has 14 heavy (non-hydrogen) atoms. The highest BCUT2D eigenvalue weighted by atomic mass is 35.5. The lowest BCUT2D eigenvalue weighted by atomic mass is 10.1. The van der Waals surface area contributed by atoms with Gasteiger partial charge in [0.05, 0.1) is 11.4 Å². The first-order valence-corrected chi connectivity index (χ1v) is 4.01. The Labute approximate surface area is 81.3 Å². The first-order valence-electron chi connectivity index (χ1n) is 3.48. The zero-order valence-electron chi connectivity index (χ0n) is 6.63. The van der Waals surface area contributed by atoms with Crippen molar-refractivity contribution < 1.29 is 22.0 Å². The minimum Gasteiger partial charge on any atom is -0.207 e. The molecule has 1 aromatic rings. The van der Waals surface area contributed by atoms with Gasteiger partial charge in [0, 0.05) is 5.56 Å². The van der Waals surface area contributed by atoms with E-state index < -0.39 is 34.8 Å². The molecular formula is C8H4ClF5. The van der Waals surface area contributed by atoms with Crippen molar-refractivity contribution in [3.05, 3.63) is 34.9 Å². The molecule has 78 valence electrons. The van der Waals surface area contributed by atoms with Crippen LogP contribution >= 0.6 is 11.6 Å². The number of hydrogen-bond donors (Lipinski definition) is 0. The van der Waals surface area contributed by atoms with Gasteiger partial charge in [-0.2, -0.15) is 13.2 Å². The van der Waals surface area contributed by atoms with Crippen LogP contribution in [0.15, 0.2) is 12.1 Å². The summed E-state index contributed by atoms with van der Waals surface area (Å²) in [6, 6.07) is 1.04.